The fourth-order valence-electron chi connectivity index (χ4n) is 3.55. The highest BCUT2D eigenvalue weighted by molar-refractivity contribution is 6.32. The van der Waals surface area contributed by atoms with Gasteiger partial charge in [0, 0.05) is 37.4 Å². The number of anilines is 4. The number of benzene rings is 1. The average molecular weight is 400 g/mol. The molecule has 0 amide bonds. The van der Waals surface area contributed by atoms with Crippen LogP contribution in [0, 0.1) is 0 Å². The number of fused-ring (bicyclic) bond motifs is 3. The van der Waals surface area contributed by atoms with Crippen molar-refractivity contribution in [1.82, 2.24) is 9.55 Å². The van der Waals surface area contributed by atoms with Crippen LogP contribution in [0.3, 0.4) is 0 Å². The summed E-state index contributed by atoms with van der Waals surface area (Å²) in [6.07, 6.45) is 1.66. The lowest BCUT2D eigenvalue weighted by molar-refractivity contribution is 0.119. The molecule has 1 aliphatic rings. The summed E-state index contributed by atoms with van der Waals surface area (Å²) in [5.41, 5.74) is 4.74. The fourth-order valence-corrected chi connectivity index (χ4v) is 3.80. The molecule has 28 heavy (non-hydrogen) atoms. The number of hydrogen-bond acceptors (Lipinski definition) is 6. The van der Waals surface area contributed by atoms with Crippen molar-refractivity contribution in [2.24, 2.45) is 7.05 Å². The third-order valence-corrected chi connectivity index (χ3v) is 5.22. The number of aromatic nitrogens is 2. The number of halogens is 1. The summed E-state index contributed by atoms with van der Waals surface area (Å²) in [6.45, 7) is 2.90. The van der Waals surface area contributed by atoms with E-state index in [1.165, 1.54) is 0 Å². The van der Waals surface area contributed by atoms with Gasteiger partial charge in [0.05, 0.1) is 41.4 Å². The van der Waals surface area contributed by atoms with Gasteiger partial charge in [-0.05, 0) is 31.2 Å². The lowest BCUT2D eigenvalue weighted by Crippen LogP contribution is -2.24. The predicted octanol–water partition coefficient (Wildman–Crippen LogP) is 3.70. The summed E-state index contributed by atoms with van der Waals surface area (Å²) in [5, 5.41) is 11.3. The summed E-state index contributed by atoms with van der Waals surface area (Å²) >= 11 is 6.18. The Balaban J connectivity index is 1.86. The second kappa shape index (κ2) is 7.33. The molecule has 0 saturated heterocycles. The summed E-state index contributed by atoms with van der Waals surface area (Å²) < 4.78 is 7.33. The van der Waals surface area contributed by atoms with Crippen molar-refractivity contribution in [1.29, 1.82) is 0 Å². The molecule has 1 aromatic carbocycles. The van der Waals surface area contributed by atoms with E-state index in [9.17, 15) is 4.79 Å². The second-order valence-electron chi connectivity index (χ2n) is 6.91. The minimum Gasteiger partial charge on any atom is -0.384 e. The molecule has 146 valence electrons. The monoisotopic (exact) mass is 399 g/mol. The van der Waals surface area contributed by atoms with Gasteiger partial charge in [0.2, 0.25) is 0 Å². The summed E-state index contributed by atoms with van der Waals surface area (Å²) in [4.78, 5) is 16.9. The molecule has 3 N–H and O–H groups in total. The highest BCUT2D eigenvalue weighted by Gasteiger charge is 2.20. The van der Waals surface area contributed by atoms with Gasteiger partial charge in [0.15, 0.2) is 5.15 Å². The van der Waals surface area contributed by atoms with Crippen molar-refractivity contribution in [2.75, 3.05) is 29.6 Å². The van der Waals surface area contributed by atoms with Gasteiger partial charge < -0.3 is 25.3 Å². The van der Waals surface area contributed by atoms with Crippen LogP contribution in [-0.4, -0.2) is 29.2 Å². The largest absolute Gasteiger partial charge is 0.384 e. The number of nitrogens with zero attached hydrogens (tertiary/aromatic N) is 2. The van der Waals surface area contributed by atoms with Gasteiger partial charge in [-0.25, -0.2) is 4.98 Å². The number of ether oxygens (including phenoxy) is 1. The molecular formula is C20H22ClN5O2. The van der Waals surface area contributed by atoms with Crippen molar-refractivity contribution < 1.29 is 4.74 Å². The Hall–Kier alpha value is -2.77. The van der Waals surface area contributed by atoms with Crippen LogP contribution in [0.25, 0.3) is 10.9 Å². The van der Waals surface area contributed by atoms with Crippen molar-refractivity contribution in [2.45, 2.75) is 19.6 Å². The molecule has 0 radical (unpaired) electrons. The van der Waals surface area contributed by atoms with E-state index < -0.39 is 0 Å². The molecule has 0 fully saturated rings. The van der Waals surface area contributed by atoms with Gasteiger partial charge in [-0.3, -0.25) is 4.79 Å². The molecule has 1 atom stereocenters. The standard InChI is InChI=1S/C20H22ClN5O2/c1-11-9-28-10-14-17(24-11)13-8-12(4-5-16(13)26(3)20(14)27)25-15-6-7-23-19(21)18(15)22-2/h4-8,11,22,24H,9-10H2,1-3H3,(H,23,25)/t11-/m0/s1. The fraction of sp³-hybridized carbons (Fsp3) is 0.300. The van der Waals surface area contributed by atoms with Gasteiger partial charge in [-0.2, -0.15) is 0 Å². The zero-order valence-electron chi connectivity index (χ0n) is 16.0. The van der Waals surface area contributed by atoms with Crippen LogP contribution in [0.4, 0.5) is 22.7 Å². The Morgan fingerprint density at radius 2 is 2.18 bits per heavy atom. The number of rotatable bonds is 3. The summed E-state index contributed by atoms with van der Waals surface area (Å²) in [7, 11) is 3.59. The van der Waals surface area contributed by atoms with Crippen LogP contribution >= 0.6 is 11.6 Å². The first-order chi connectivity index (χ1) is 13.5. The van der Waals surface area contributed by atoms with Crippen LogP contribution in [-0.2, 0) is 18.4 Å². The highest BCUT2D eigenvalue weighted by atomic mass is 35.5. The second-order valence-corrected chi connectivity index (χ2v) is 7.27. The van der Waals surface area contributed by atoms with Crippen molar-refractivity contribution in [3.05, 3.63) is 51.5 Å². The molecular weight excluding hydrogens is 378 g/mol. The van der Waals surface area contributed by atoms with Gasteiger partial charge >= 0.3 is 0 Å². The van der Waals surface area contributed by atoms with Crippen LogP contribution < -0.4 is 21.5 Å². The Morgan fingerprint density at radius 1 is 1.36 bits per heavy atom. The van der Waals surface area contributed by atoms with Gasteiger partial charge in [-0.1, -0.05) is 11.6 Å². The average Bonchev–Trinajstić information content (AvgIpc) is 2.88. The molecule has 0 aliphatic carbocycles. The molecule has 3 heterocycles. The maximum Gasteiger partial charge on any atom is 0.258 e. The lowest BCUT2D eigenvalue weighted by Gasteiger charge is -2.18. The van der Waals surface area contributed by atoms with Crippen LogP contribution in [0.2, 0.25) is 5.15 Å². The first-order valence-corrected chi connectivity index (χ1v) is 9.46. The van der Waals surface area contributed by atoms with E-state index in [1.54, 1.807) is 24.9 Å². The molecule has 0 spiro atoms. The van der Waals surface area contributed by atoms with Crippen LogP contribution in [0.5, 0.6) is 0 Å². The molecule has 8 heteroatoms. The van der Waals surface area contributed by atoms with E-state index >= 15 is 0 Å². The van der Waals surface area contributed by atoms with Gasteiger partial charge in [0.25, 0.3) is 5.56 Å². The normalized spacial score (nSPS) is 16.2. The Labute approximate surface area is 167 Å². The third kappa shape index (κ3) is 3.16. The Bertz CT molecular complexity index is 1110. The molecule has 2 aromatic heterocycles. The number of aryl methyl sites for hydroxylation is 1. The Morgan fingerprint density at radius 3 is 2.96 bits per heavy atom. The van der Waals surface area contributed by atoms with Crippen LogP contribution in [0.15, 0.2) is 35.3 Å². The molecule has 0 bridgehead atoms. The Kier molecular flexibility index (Phi) is 4.87. The first-order valence-electron chi connectivity index (χ1n) is 9.08. The van der Waals surface area contributed by atoms with E-state index in [0.717, 1.165) is 33.7 Å². The molecule has 0 unspecified atom stereocenters. The number of hydrogen-bond donors (Lipinski definition) is 3. The minimum absolute atomic E-state index is 0.0387. The maximum atomic E-state index is 12.8. The number of nitrogens with one attached hydrogen (secondary N) is 3. The SMILES string of the molecule is CNc1c(Nc2ccc3c(c2)c2c(c(=O)n3C)COC[C@H](C)N2)ccnc1Cl. The molecule has 4 rings (SSSR count). The maximum absolute atomic E-state index is 12.8. The van der Waals surface area contributed by atoms with E-state index in [2.05, 4.69) is 20.9 Å². The molecule has 7 nitrogen and oxygen atoms in total. The van der Waals surface area contributed by atoms with Gasteiger partial charge in [0.1, 0.15) is 0 Å². The lowest BCUT2D eigenvalue weighted by atomic mass is 10.1. The van der Waals surface area contributed by atoms with E-state index in [4.69, 9.17) is 16.3 Å². The van der Waals surface area contributed by atoms with Crippen molar-refractivity contribution >= 4 is 45.3 Å². The molecule has 0 saturated carbocycles. The van der Waals surface area contributed by atoms with Crippen molar-refractivity contribution in [3.63, 3.8) is 0 Å². The highest BCUT2D eigenvalue weighted by Crippen LogP contribution is 2.34. The first kappa shape index (κ1) is 18.6. The van der Waals surface area contributed by atoms with Crippen LogP contribution in [0.1, 0.15) is 12.5 Å². The zero-order chi connectivity index (χ0) is 19.8. The topological polar surface area (TPSA) is 80.2 Å². The molecule has 3 aromatic rings. The van der Waals surface area contributed by atoms with Gasteiger partial charge in [-0.15, -0.1) is 0 Å². The predicted molar refractivity (Wildman–Crippen MR) is 114 cm³/mol. The van der Waals surface area contributed by atoms with E-state index in [-0.39, 0.29) is 11.6 Å². The summed E-state index contributed by atoms with van der Waals surface area (Å²) in [5.74, 6) is 0. The molecule has 1 aliphatic heterocycles. The quantitative estimate of drug-likeness (QED) is 0.583. The number of pyridine rings is 2. The zero-order valence-corrected chi connectivity index (χ0v) is 16.7. The van der Waals surface area contributed by atoms with E-state index in [1.807, 2.05) is 31.2 Å². The smallest absolute Gasteiger partial charge is 0.258 e. The summed E-state index contributed by atoms with van der Waals surface area (Å²) in [6, 6.07) is 7.89. The van der Waals surface area contributed by atoms with E-state index in [0.29, 0.717) is 23.9 Å². The third-order valence-electron chi connectivity index (χ3n) is 4.93. The minimum atomic E-state index is -0.0387. The van der Waals surface area contributed by atoms with Crippen molar-refractivity contribution in [3.8, 4) is 0 Å².